The van der Waals surface area contributed by atoms with Crippen molar-refractivity contribution >= 4 is 29.0 Å². The van der Waals surface area contributed by atoms with Gasteiger partial charge in [0.1, 0.15) is 5.82 Å². The number of nitrogens with zero attached hydrogens (tertiary/aromatic N) is 6. The van der Waals surface area contributed by atoms with E-state index in [9.17, 15) is 0 Å². The summed E-state index contributed by atoms with van der Waals surface area (Å²) in [5.74, 6) is 1.52. The fourth-order valence-corrected chi connectivity index (χ4v) is 7.50. The van der Waals surface area contributed by atoms with Gasteiger partial charge in [-0.25, -0.2) is 4.99 Å². The average molecular weight is 606 g/mol. The van der Waals surface area contributed by atoms with Crippen molar-refractivity contribution in [2.45, 2.75) is 72.3 Å². The van der Waals surface area contributed by atoms with Gasteiger partial charge in [0.25, 0.3) is 0 Å². The van der Waals surface area contributed by atoms with E-state index in [4.69, 9.17) is 15.8 Å². The summed E-state index contributed by atoms with van der Waals surface area (Å²) in [7, 11) is 0. The van der Waals surface area contributed by atoms with Gasteiger partial charge in [-0.3, -0.25) is 4.68 Å². The van der Waals surface area contributed by atoms with Crippen LogP contribution in [0, 0.1) is 26.7 Å². The lowest BCUT2D eigenvalue weighted by atomic mass is 9.94. The highest BCUT2D eigenvalue weighted by Crippen LogP contribution is 2.37. The lowest BCUT2D eigenvalue weighted by Crippen LogP contribution is -2.39. The Bertz CT molecular complexity index is 1590. The highest BCUT2D eigenvalue weighted by molar-refractivity contribution is 6.10. The first kappa shape index (κ1) is 31.3. The number of aromatic nitrogens is 3. The molecular weight excluding hydrogens is 554 g/mol. The first-order valence-corrected chi connectivity index (χ1v) is 17.0. The molecule has 2 fully saturated rings. The van der Waals surface area contributed by atoms with Gasteiger partial charge in [0.05, 0.1) is 12.2 Å². The second-order valence-corrected chi connectivity index (χ2v) is 13.3. The van der Waals surface area contributed by atoms with Crippen LogP contribution in [0.15, 0.2) is 60.5 Å². The molecule has 3 aromatic rings. The first-order valence-electron chi connectivity index (χ1n) is 17.0. The van der Waals surface area contributed by atoms with E-state index in [1.165, 1.54) is 40.9 Å². The molecule has 2 saturated heterocycles. The largest absolute Gasteiger partial charge is 0.371 e. The molecule has 0 saturated carbocycles. The molecule has 45 heavy (non-hydrogen) atoms. The third-order valence-corrected chi connectivity index (χ3v) is 10.1. The van der Waals surface area contributed by atoms with Crippen molar-refractivity contribution in [3.8, 4) is 11.1 Å². The Kier molecular flexibility index (Phi) is 9.57. The van der Waals surface area contributed by atoms with Gasteiger partial charge in [-0.1, -0.05) is 25.7 Å². The molecule has 0 bridgehead atoms. The van der Waals surface area contributed by atoms with Crippen molar-refractivity contribution in [2.24, 2.45) is 16.6 Å². The smallest absolute Gasteiger partial charge is 0.140 e. The van der Waals surface area contributed by atoms with Gasteiger partial charge in [0.2, 0.25) is 0 Å². The van der Waals surface area contributed by atoms with E-state index in [-0.39, 0.29) is 0 Å². The zero-order valence-corrected chi connectivity index (χ0v) is 27.8. The van der Waals surface area contributed by atoms with Crippen LogP contribution in [0.4, 0.5) is 11.5 Å². The van der Waals surface area contributed by atoms with Crippen LogP contribution in [0.3, 0.4) is 0 Å². The standard InChI is InChI=1S/C38H51N7/c1-6-42-17-14-35(15-18-42)45-25-33(23-41-45)36-26-44(34-12-8-7-9-13-34)38(30(36)5)40-22-29(4)32-19-27(2)37(28(3)20-32)43-16-10-11-31(21-39)24-43/h8,12-13,19-20,22-23,25-26,31,35H,4,6-7,9-11,14-18,21,24,39H2,1-3,5H3. The van der Waals surface area contributed by atoms with E-state index in [1.54, 1.807) is 0 Å². The van der Waals surface area contributed by atoms with Crippen LogP contribution >= 0.6 is 0 Å². The first-order chi connectivity index (χ1) is 21.9. The lowest BCUT2D eigenvalue weighted by molar-refractivity contribution is 0.187. The van der Waals surface area contributed by atoms with E-state index >= 15 is 0 Å². The molecule has 2 N–H and O–H groups in total. The SMILES string of the molecule is C=C(C=Nc1c(C)c(-c2cnn(C3CCN(CC)CC3)c2)cn1C1=CCCC=C1)c1cc(C)c(N2CCCC(CN)C2)c(C)c1. The van der Waals surface area contributed by atoms with Gasteiger partial charge >= 0.3 is 0 Å². The maximum Gasteiger partial charge on any atom is 0.140 e. The molecule has 1 atom stereocenters. The van der Waals surface area contributed by atoms with Crippen LogP contribution in [0.1, 0.15) is 73.7 Å². The van der Waals surface area contributed by atoms with Crippen molar-refractivity contribution in [2.75, 3.05) is 44.2 Å². The molecule has 4 heterocycles. The molecule has 0 spiro atoms. The zero-order valence-electron chi connectivity index (χ0n) is 27.8. The lowest BCUT2D eigenvalue weighted by Gasteiger charge is -2.36. The van der Waals surface area contributed by atoms with Gasteiger partial charge in [-0.05, 0) is 119 Å². The number of nitrogens with two attached hydrogens (primary N) is 1. The summed E-state index contributed by atoms with van der Waals surface area (Å²) in [4.78, 5) is 10.2. The molecule has 7 heteroatoms. The maximum absolute atomic E-state index is 6.04. The molecular formula is C38H51N7. The molecule has 7 nitrogen and oxygen atoms in total. The normalized spacial score (nSPS) is 19.9. The monoisotopic (exact) mass is 605 g/mol. The number of likely N-dealkylation sites (tertiary alicyclic amines) is 1. The zero-order chi connectivity index (χ0) is 31.5. The third-order valence-electron chi connectivity index (χ3n) is 10.1. The molecule has 1 unspecified atom stereocenters. The van der Waals surface area contributed by atoms with Crippen LogP contribution < -0.4 is 10.6 Å². The Hall–Kier alpha value is -3.68. The Morgan fingerprint density at radius 1 is 1.07 bits per heavy atom. The van der Waals surface area contributed by atoms with Crippen molar-refractivity contribution in [3.63, 3.8) is 0 Å². The van der Waals surface area contributed by atoms with E-state index in [0.29, 0.717) is 12.0 Å². The molecule has 6 rings (SSSR count). The van der Waals surface area contributed by atoms with Gasteiger partial charge in [-0.15, -0.1) is 0 Å². The van der Waals surface area contributed by atoms with Gasteiger partial charge in [-0.2, -0.15) is 5.10 Å². The summed E-state index contributed by atoms with van der Waals surface area (Å²) >= 11 is 0. The summed E-state index contributed by atoms with van der Waals surface area (Å²) < 4.78 is 4.43. The molecule has 0 amide bonds. The molecule has 1 aromatic carbocycles. The Morgan fingerprint density at radius 2 is 1.84 bits per heavy atom. The second kappa shape index (κ2) is 13.8. The molecule has 0 radical (unpaired) electrons. The fourth-order valence-electron chi connectivity index (χ4n) is 7.50. The summed E-state index contributed by atoms with van der Waals surface area (Å²) in [6, 6.07) is 5.00. The van der Waals surface area contributed by atoms with E-state index in [2.05, 4.69) is 96.1 Å². The molecule has 2 aliphatic heterocycles. The van der Waals surface area contributed by atoms with Crippen molar-refractivity contribution < 1.29 is 0 Å². The highest BCUT2D eigenvalue weighted by atomic mass is 15.3. The summed E-state index contributed by atoms with van der Waals surface area (Å²) in [6.07, 6.45) is 22.1. The number of hydrogen-bond acceptors (Lipinski definition) is 5. The number of benzene rings is 1. The predicted molar refractivity (Wildman–Crippen MR) is 191 cm³/mol. The Balaban J connectivity index is 1.27. The number of rotatable bonds is 9. The molecule has 1 aliphatic carbocycles. The summed E-state index contributed by atoms with van der Waals surface area (Å²) in [5, 5.41) is 4.84. The number of anilines is 1. The molecule has 2 aromatic heterocycles. The van der Waals surface area contributed by atoms with Crippen molar-refractivity contribution in [1.29, 1.82) is 0 Å². The fraction of sp³-hybridized carbons (Fsp3) is 0.474. The van der Waals surface area contributed by atoms with Gasteiger partial charge in [0.15, 0.2) is 0 Å². The van der Waals surface area contributed by atoms with E-state index < -0.39 is 0 Å². The minimum absolute atomic E-state index is 0.462. The van der Waals surface area contributed by atoms with Crippen LogP contribution in [0.2, 0.25) is 0 Å². The van der Waals surface area contributed by atoms with Gasteiger partial charge < -0.3 is 20.1 Å². The van der Waals surface area contributed by atoms with E-state index in [0.717, 1.165) is 93.0 Å². The minimum atomic E-state index is 0.462. The highest BCUT2D eigenvalue weighted by Gasteiger charge is 2.24. The quantitative estimate of drug-likeness (QED) is 0.254. The number of aryl methyl sites for hydroxylation is 2. The van der Waals surface area contributed by atoms with Crippen LogP contribution in [-0.2, 0) is 0 Å². The minimum Gasteiger partial charge on any atom is -0.371 e. The average Bonchev–Trinajstić information content (AvgIpc) is 3.68. The van der Waals surface area contributed by atoms with Crippen LogP contribution in [0.25, 0.3) is 22.4 Å². The van der Waals surface area contributed by atoms with E-state index in [1.807, 2.05) is 12.4 Å². The van der Waals surface area contributed by atoms with Crippen molar-refractivity contribution in [3.05, 3.63) is 77.8 Å². The van der Waals surface area contributed by atoms with Crippen LogP contribution in [0.5, 0.6) is 0 Å². The third kappa shape index (κ3) is 6.66. The second-order valence-electron chi connectivity index (χ2n) is 13.3. The molecule has 238 valence electrons. The Labute approximate surface area is 269 Å². The van der Waals surface area contributed by atoms with Crippen LogP contribution in [-0.4, -0.2) is 64.7 Å². The predicted octanol–water partition coefficient (Wildman–Crippen LogP) is 7.72. The topological polar surface area (TPSA) is 67.6 Å². The Morgan fingerprint density at radius 3 is 2.53 bits per heavy atom. The summed E-state index contributed by atoms with van der Waals surface area (Å²) in [5.41, 5.74) is 16.6. The van der Waals surface area contributed by atoms with Crippen molar-refractivity contribution in [1.82, 2.24) is 19.2 Å². The number of aliphatic imine (C=N–C) groups is 1. The number of allylic oxidation sites excluding steroid dienone is 5. The maximum atomic E-state index is 6.04. The van der Waals surface area contributed by atoms with Gasteiger partial charge in [0, 0.05) is 72.9 Å². The molecule has 3 aliphatic rings. The number of piperidine rings is 2. The number of hydrogen-bond donors (Lipinski definition) is 1. The summed E-state index contributed by atoms with van der Waals surface area (Å²) in [6.45, 7) is 19.6.